The minimum Gasteiger partial charge on any atom is -0.395 e. The Morgan fingerprint density at radius 1 is 1.23 bits per heavy atom. The zero-order valence-electron chi connectivity index (χ0n) is 17.7. The molecule has 2 N–H and O–H groups in total. The van der Waals surface area contributed by atoms with Gasteiger partial charge in [0.25, 0.3) is 0 Å². The van der Waals surface area contributed by atoms with Crippen LogP contribution in [0.4, 0.5) is 5.82 Å². The molecule has 4 rings (SSSR count). The van der Waals surface area contributed by atoms with Gasteiger partial charge in [-0.3, -0.25) is 4.79 Å². The maximum Gasteiger partial charge on any atom is 0.168 e. The second-order valence-electron chi connectivity index (χ2n) is 8.77. The molecule has 3 aromatic rings. The van der Waals surface area contributed by atoms with Gasteiger partial charge in [0.2, 0.25) is 0 Å². The molecule has 3 heterocycles. The third-order valence-electron chi connectivity index (χ3n) is 5.80. The number of Topliss-reactive ketones (excluding diaryl/α,β-unsaturated/α-hetero) is 1. The van der Waals surface area contributed by atoms with Crippen LogP contribution in [0.1, 0.15) is 47.6 Å². The standard InChI is InChI=1S/C23H28N4O3/c1-15-10-21-24-18(12-22(27(21)25-15)26-9-8-19(29)13-26)11-20(30)16-4-6-17(7-5-16)23(2,3)14-28/h4-7,10,12,19,28-29H,8-9,11,13-14H2,1-3H3/t19-/m1/s1. The number of rotatable bonds is 6. The number of benzene rings is 1. The highest BCUT2D eigenvalue weighted by molar-refractivity contribution is 5.97. The minimum atomic E-state index is -0.350. The van der Waals surface area contributed by atoms with Gasteiger partial charge in [-0.15, -0.1) is 0 Å². The summed E-state index contributed by atoms with van der Waals surface area (Å²) in [6, 6.07) is 11.2. The molecule has 0 saturated carbocycles. The molecule has 7 heteroatoms. The second-order valence-corrected chi connectivity index (χ2v) is 8.77. The van der Waals surface area contributed by atoms with Crippen molar-refractivity contribution in [3.63, 3.8) is 0 Å². The van der Waals surface area contributed by atoms with Crippen molar-refractivity contribution in [1.82, 2.24) is 14.6 Å². The maximum absolute atomic E-state index is 12.9. The van der Waals surface area contributed by atoms with Gasteiger partial charge in [0.05, 0.1) is 30.5 Å². The van der Waals surface area contributed by atoms with E-state index in [0.717, 1.165) is 30.0 Å². The van der Waals surface area contributed by atoms with E-state index in [0.29, 0.717) is 23.4 Å². The number of carbonyl (C=O) groups excluding carboxylic acids is 1. The summed E-state index contributed by atoms with van der Waals surface area (Å²) in [5, 5.41) is 24.0. The van der Waals surface area contributed by atoms with Crippen LogP contribution in [0.25, 0.3) is 5.65 Å². The molecule has 1 fully saturated rings. The van der Waals surface area contributed by atoms with Crippen molar-refractivity contribution >= 4 is 17.2 Å². The fourth-order valence-corrected chi connectivity index (χ4v) is 3.85. The van der Waals surface area contributed by atoms with E-state index in [1.165, 1.54) is 0 Å². The molecular weight excluding hydrogens is 380 g/mol. The molecule has 1 aromatic carbocycles. The van der Waals surface area contributed by atoms with Gasteiger partial charge in [-0.05, 0) is 18.9 Å². The highest BCUT2D eigenvalue weighted by atomic mass is 16.3. The number of ketones is 1. The number of carbonyl (C=O) groups is 1. The molecular formula is C23H28N4O3. The summed E-state index contributed by atoms with van der Waals surface area (Å²) in [4.78, 5) is 19.6. The molecule has 7 nitrogen and oxygen atoms in total. The number of nitrogens with zero attached hydrogens (tertiary/aromatic N) is 4. The van der Waals surface area contributed by atoms with Crippen molar-refractivity contribution in [2.24, 2.45) is 0 Å². The van der Waals surface area contributed by atoms with Crippen molar-refractivity contribution < 1.29 is 15.0 Å². The summed E-state index contributed by atoms with van der Waals surface area (Å²) in [7, 11) is 0. The molecule has 1 aliphatic heterocycles. The highest BCUT2D eigenvalue weighted by Crippen LogP contribution is 2.25. The summed E-state index contributed by atoms with van der Waals surface area (Å²) in [6.45, 7) is 7.18. The lowest BCUT2D eigenvalue weighted by atomic mass is 9.85. The lowest BCUT2D eigenvalue weighted by Crippen LogP contribution is -2.24. The van der Waals surface area contributed by atoms with Gasteiger partial charge in [-0.25, -0.2) is 4.98 Å². The van der Waals surface area contributed by atoms with Crippen LogP contribution in [0.2, 0.25) is 0 Å². The molecule has 30 heavy (non-hydrogen) atoms. The zero-order chi connectivity index (χ0) is 21.5. The lowest BCUT2D eigenvalue weighted by molar-refractivity contribution is 0.0992. The summed E-state index contributed by atoms with van der Waals surface area (Å²) in [5.74, 6) is 0.844. The number of aliphatic hydroxyl groups excluding tert-OH is 2. The van der Waals surface area contributed by atoms with Crippen LogP contribution in [0.5, 0.6) is 0 Å². The topological polar surface area (TPSA) is 91.0 Å². The van der Waals surface area contributed by atoms with E-state index in [4.69, 9.17) is 0 Å². The Kier molecular flexibility index (Phi) is 5.34. The molecule has 0 radical (unpaired) electrons. The van der Waals surface area contributed by atoms with Crippen LogP contribution in [0.3, 0.4) is 0 Å². The number of aliphatic hydroxyl groups is 2. The number of aromatic nitrogens is 3. The lowest BCUT2D eigenvalue weighted by Gasteiger charge is -2.22. The predicted molar refractivity (Wildman–Crippen MR) is 115 cm³/mol. The first-order valence-corrected chi connectivity index (χ1v) is 10.3. The Hall–Kier alpha value is -2.77. The van der Waals surface area contributed by atoms with Crippen LogP contribution in [0.15, 0.2) is 36.4 Å². The Morgan fingerprint density at radius 3 is 2.60 bits per heavy atom. The van der Waals surface area contributed by atoms with Crippen LogP contribution in [0, 0.1) is 6.92 Å². The van der Waals surface area contributed by atoms with Crippen molar-refractivity contribution in [3.8, 4) is 0 Å². The summed E-state index contributed by atoms with van der Waals surface area (Å²) < 4.78 is 1.78. The average Bonchev–Trinajstić information content (AvgIpc) is 3.32. The van der Waals surface area contributed by atoms with Gasteiger partial charge in [0, 0.05) is 36.2 Å². The Labute approximate surface area is 176 Å². The molecule has 1 atom stereocenters. The molecule has 158 valence electrons. The molecule has 1 aliphatic rings. The van der Waals surface area contributed by atoms with E-state index < -0.39 is 0 Å². The van der Waals surface area contributed by atoms with Gasteiger partial charge >= 0.3 is 0 Å². The maximum atomic E-state index is 12.9. The predicted octanol–water partition coefficient (Wildman–Crippen LogP) is 2.30. The third-order valence-corrected chi connectivity index (χ3v) is 5.80. The van der Waals surface area contributed by atoms with E-state index >= 15 is 0 Å². The fourth-order valence-electron chi connectivity index (χ4n) is 3.85. The molecule has 2 aromatic heterocycles. The van der Waals surface area contributed by atoms with Crippen molar-refractivity contribution in [2.45, 2.75) is 45.1 Å². The number of hydrogen-bond donors (Lipinski definition) is 2. The quantitative estimate of drug-likeness (QED) is 0.608. The highest BCUT2D eigenvalue weighted by Gasteiger charge is 2.24. The van der Waals surface area contributed by atoms with E-state index in [2.05, 4.69) is 15.0 Å². The third kappa shape index (κ3) is 3.95. The number of aryl methyl sites for hydroxylation is 1. The van der Waals surface area contributed by atoms with Gasteiger partial charge in [-0.1, -0.05) is 38.1 Å². The van der Waals surface area contributed by atoms with Crippen molar-refractivity contribution in [1.29, 1.82) is 0 Å². The molecule has 0 unspecified atom stereocenters. The molecule has 0 spiro atoms. The monoisotopic (exact) mass is 408 g/mol. The van der Waals surface area contributed by atoms with Crippen LogP contribution >= 0.6 is 0 Å². The average molecular weight is 409 g/mol. The van der Waals surface area contributed by atoms with Crippen LogP contribution in [-0.2, 0) is 11.8 Å². The first-order chi connectivity index (χ1) is 14.3. The van der Waals surface area contributed by atoms with E-state index in [9.17, 15) is 15.0 Å². The van der Waals surface area contributed by atoms with Gasteiger partial charge in [-0.2, -0.15) is 9.61 Å². The number of fused-ring (bicyclic) bond motifs is 1. The number of anilines is 1. The Balaban J connectivity index is 1.61. The SMILES string of the molecule is Cc1cc2nc(CC(=O)c3ccc(C(C)(C)CO)cc3)cc(N3CC[C@@H](O)C3)n2n1. The van der Waals surface area contributed by atoms with Crippen LogP contribution < -0.4 is 4.90 Å². The Bertz CT molecular complexity index is 1070. The molecule has 0 bridgehead atoms. The number of β-amino-alcohol motifs (C(OH)–C–C–N with tert-alkyl or cyclic N) is 1. The van der Waals surface area contributed by atoms with Gasteiger partial charge in [0.15, 0.2) is 11.4 Å². The van der Waals surface area contributed by atoms with E-state index in [-0.39, 0.29) is 30.3 Å². The number of hydrogen-bond acceptors (Lipinski definition) is 6. The molecule has 1 saturated heterocycles. The summed E-state index contributed by atoms with van der Waals surface area (Å²) in [5.41, 5.74) is 3.51. The van der Waals surface area contributed by atoms with E-state index in [1.54, 1.807) is 4.52 Å². The minimum absolute atomic E-state index is 0.0103. The van der Waals surface area contributed by atoms with Gasteiger partial charge < -0.3 is 15.1 Å². The Morgan fingerprint density at radius 2 is 1.97 bits per heavy atom. The fraction of sp³-hybridized carbons (Fsp3) is 0.435. The summed E-state index contributed by atoms with van der Waals surface area (Å²) >= 11 is 0. The largest absolute Gasteiger partial charge is 0.395 e. The van der Waals surface area contributed by atoms with E-state index in [1.807, 2.05) is 57.2 Å². The van der Waals surface area contributed by atoms with Gasteiger partial charge in [0.1, 0.15) is 5.82 Å². The second kappa shape index (κ2) is 7.81. The molecule has 0 aliphatic carbocycles. The first kappa shape index (κ1) is 20.5. The first-order valence-electron chi connectivity index (χ1n) is 10.3. The van der Waals surface area contributed by atoms with Crippen molar-refractivity contribution in [2.75, 3.05) is 24.6 Å². The van der Waals surface area contributed by atoms with Crippen molar-refractivity contribution in [3.05, 3.63) is 58.9 Å². The zero-order valence-corrected chi connectivity index (χ0v) is 17.7. The summed E-state index contributed by atoms with van der Waals surface area (Å²) in [6.07, 6.45) is 0.554. The normalized spacial score (nSPS) is 17.1. The molecule has 0 amide bonds. The van der Waals surface area contributed by atoms with Crippen LogP contribution in [-0.4, -0.2) is 56.4 Å². The smallest absolute Gasteiger partial charge is 0.168 e.